The minimum absolute atomic E-state index is 0.207. The molecule has 0 spiro atoms. The van der Waals surface area contributed by atoms with Crippen LogP contribution in [0.5, 0.6) is 0 Å². The SMILES string of the molecule is Cc1occc1C(=O)Nc1ccnc2c(C)c(Cl)ccc12. The van der Waals surface area contributed by atoms with Crippen molar-refractivity contribution in [3.8, 4) is 0 Å². The summed E-state index contributed by atoms with van der Waals surface area (Å²) in [4.78, 5) is 16.6. The molecule has 5 heteroatoms. The highest BCUT2D eigenvalue weighted by atomic mass is 35.5. The predicted octanol–water partition coefficient (Wildman–Crippen LogP) is 4.35. The lowest BCUT2D eigenvalue weighted by molar-refractivity contribution is 0.102. The molecule has 0 aliphatic heterocycles. The van der Waals surface area contributed by atoms with Gasteiger partial charge in [0.25, 0.3) is 5.91 Å². The number of carbonyl (C=O) groups is 1. The number of halogens is 1. The minimum atomic E-state index is -0.207. The first-order valence-electron chi connectivity index (χ1n) is 6.47. The summed E-state index contributed by atoms with van der Waals surface area (Å²) in [7, 11) is 0. The number of nitrogens with zero attached hydrogens (tertiary/aromatic N) is 1. The zero-order valence-electron chi connectivity index (χ0n) is 11.6. The zero-order valence-corrected chi connectivity index (χ0v) is 12.4. The van der Waals surface area contributed by atoms with Crippen LogP contribution in [0.25, 0.3) is 10.9 Å². The van der Waals surface area contributed by atoms with Gasteiger partial charge in [-0.2, -0.15) is 0 Å². The molecule has 0 saturated heterocycles. The van der Waals surface area contributed by atoms with Crippen LogP contribution < -0.4 is 5.32 Å². The van der Waals surface area contributed by atoms with Gasteiger partial charge in [0.1, 0.15) is 5.76 Å². The molecule has 2 aromatic heterocycles. The Kier molecular flexibility index (Phi) is 3.39. The molecule has 0 aliphatic rings. The zero-order chi connectivity index (χ0) is 15.0. The van der Waals surface area contributed by atoms with Crippen molar-refractivity contribution < 1.29 is 9.21 Å². The monoisotopic (exact) mass is 300 g/mol. The number of furan rings is 1. The minimum Gasteiger partial charge on any atom is -0.469 e. The standard InChI is InChI=1S/C16H13ClN2O2/c1-9-13(17)4-3-12-14(5-7-18-15(9)12)19-16(20)11-6-8-21-10(11)2/h3-8H,1-2H3,(H,18,19,20). The number of hydrogen-bond donors (Lipinski definition) is 1. The van der Waals surface area contributed by atoms with Gasteiger partial charge in [-0.25, -0.2) is 0 Å². The molecule has 1 amide bonds. The summed E-state index contributed by atoms with van der Waals surface area (Å²) < 4.78 is 5.16. The third-order valence-corrected chi connectivity index (χ3v) is 3.86. The maximum atomic E-state index is 12.3. The van der Waals surface area contributed by atoms with E-state index in [9.17, 15) is 4.79 Å². The highest BCUT2D eigenvalue weighted by molar-refractivity contribution is 6.32. The topological polar surface area (TPSA) is 55.1 Å². The van der Waals surface area contributed by atoms with E-state index in [1.54, 1.807) is 31.3 Å². The van der Waals surface area contributed by atoms with Crippen LogP contribution in [0.1, 0.15) is 21.7 Å². The van der Waals surface area contributed by atoms with Crippen molar-refractivity contribution in [1.82, 2.24) is 4.98 Å². The Morgan fingerprint density at radius 2 is 2.05 bits per heavy atom. The third-order valence-electron chi connectivity index (χ3n) is 3.45. The van der Waals surface area contributed by atoms with E-state index in [4.69, 9.17) is 16.0 Å². The van der Waals surface area contributed by atoms with E-state index in [1.807, 2.05) is 13.0 Å². The summed E-state index contributed by atoms with van der Waals surface area (Å²) in [6.45, 7) is 3.66. The second-order valence-corrected chi connectivity index (χ2v) is 5.18. The van der Waals surface area contributed by atoms with Crippen molar-refractivity contribution in [3.05, 3.63) is 58.6 Å². The van der Waals surface area contributed by atoms with E-state index >= 15 is 0 Å². The Hall–Kier alpha value is -2.33. The smallest absolute Gasteiger partial charge is 0.259 e. The van der Waals surface area contributed by atoms with Crippen LogP contribution in [0.4, 0.5) is 5.69 Å². The molecule has 0 aliphatic carbocycles. The number of amides is 1. The number of benzene rings is 1. The third kappa shape index (κ3) is 2.38. The number of hydrogen-bond acceptors (Lipinski definition) is 3. The first kappa shape index (κ1) is 13.6. The van der Waals surface area contributed by atoms with Crippen LogP contribution in [0, 0.1) is 13.8 Å². The maximum Gasteiger partial charge on any atom is 0.259 e. The van der Waals surface area contributed by atoms with Gasteiger partial charge in [-0.1, -0.05) is 11.6 Å². The molecule has 106 valence electrons. The number of anilines is 1. The van der Waals surface area contributed by atoms with Crippen molar-refractivity contribution in [1.29, 1.82) is 0 Å². The van der Waals surface area contributed by atoms with E-state index in [2.05, 4.69) is 10.3 Å². The van der Waals surface area contributed by atoms with Crippen LogP contribution >= 0.6 is 11.6 Å². The van der Waals surface area contributed by atoms with Crippen molar-refractivity contribution in [2.75, 3.05) is 5.32 Å². The normalized spacial score (nSPS) is 10.8. The first-order chi connectivity index (χ1) is 10.1. The predicted molar refractivity (Wildman–Crippen MR) is 82.9 cm³/mol. The second-order valence-electron chi connectivity index (χ2n) is 4.77. The summed E-state index contributed by atoms with van der Waals surface area (Å²) in [5.74, 6) is 0.381. The van der Waals surface area contributed by atoms with Gasteiger partial charge in [-0.15, -0.1) is 0 Å². The average Bonchev–Trinajstić information content (AvgIpc) is 2.90. The number of aryl methyl sites for hydroxylation is 2. The molecule has 1 aromatic carbocycles. The number of aromatic nitrogens is 1. The fourth-order valence-corrected chi connectivity index (χ4v) is 2.41. The Morgan fingerprint density at radius 3 is 2.76 bits per heavy atom. The quantitative estimate of drug-likeness (QED) is 0.765. The maximum absolute atomic E-state index is 12.3. The van der Waals surface area contributed by atoms with E-state index in [1.165, 1.54) is 6.26 Å². The summed E-state index contributed by atoms with van der Waals surface area (Å²) in [6, 6.07) is 7.08. The van der Waals surface area contributed by atoms with Gasteiger partial charge < -0.3 is 9.73 Å². The lowest BCUT2D eigenvalue weighted by Gasteiger charge is -2.10. The van der Waals surface area contributed by atoms with Gasteiger partial charge in [-0.05, 0) is 43.7 Å². The highest BCUT2D eigenvalue weighted by Crippen LogP contribution is 2.29. The van der Waals surface area contributed by atoms with Crippen LogP contribution in [0.3, 0.4) is 0 Å². The van der Waals surface area contributed by atoms with Gasteiger partial charge in [0, 0.05) is 16.6 Å². The Morgan fingerprint density at radius 1 is 1.24 bits per heavy atom. The van der Waals surface area contributed by atoms with Gasteiger partial charge in [0.15, 0.2) is 0 Å². The molecular formula is C16H13ClN2O2. The molecule has 2 heterocycles. The van der Waals surface area contributed by atoms with Crippen molar-refractivity contribution in [3.63, 3.8) is 0 Å². The van der Waals surface area contributed by atoms with Gasteiger partial charge in [0.2, 0.25) is 0 Å². The molecule has 0 radical (unpaired) electrons. The number of rotatable bonds is 2. The fraction of sp³-hybridized carbons (Fsp3) is 0.125. The van der Waals surface area contributed by atoms with Gasteiger partial charge >= 0.3 is 0 Å². The summed E-state index contributed by atoms with van der Waals surface area (Å²) in [5.41, 5.74) is 2.89. The lowest BCUT2D eigenvalue weighted by Crippen LogP contribution is -2.12. The Bertz CT molecular complexity index is 839. The molecule has 0 atom stereocenters. The highest BCUT2D eigenvalue weighted by Gasteiger charge is 2.14. The molecule has 0 fully saturated rings. The number of carbonyl (C=O) groups excluding carboxylic acids is 1. The van der Waals surface area contributed by atoms with Crippen LogP contribution in [-0.2, 0) is 0 Å². The van der Waals surface area contributed by atoms with E-state index in [0.29, 0.717) is 22.0 Å². The Labute approximate surface area is 126 Å². The van der Waals surface area contributed by atoms with Crippen LogP contribution in [0.15, 0.2) is 41.1 Å². The van der Waals surface area contributed by atoms with Crippen molar-refractivity contribution in [2.45, 2.75) is 13.8 Å². The largest absolute Gasteiger partial charge is 0.469 e. The number of pyridine rings is 1. The van der Waals surface area contributed by atoms with Gasteiger partial charge in [-0.3, -0.25) is 9.78 Å². The summed E-state index contributed by atoms with van der Waals surface area (Å²) in [6.07, 6.45) is 3.16. The molecule has 3 aromatic rings. The van der Waals surface area contributed by atoms with Crippen LogP contribution in [-0.4, -0.2) is 10.9 Å². The molecule has 4 nitrogen and oxygen atoms in total. The Balaban J connectivity index is 2.04. The van der Waals surface area contributed by atoms with E-state index in [0.717, 1.165) is 16.5 Å². The summed E-state index contributed by atoms with van der Waals surface area (Å²) in [5, 5.41) is 4.40. The van der Waals surface area contributed by atoms with E-state index in [-0.39, 0.29) is 5.91 Å². The molecule has 1 N–H and O–H groups in total. The van der Waals surface area contributed by atoms with Crippen LogP contribution in [0.2, 0.25) is 5.02 Å². The molecule has 0 saturated carbocycles. The second kappa shape index (κ2) is 5.22. The van der Waals surface area contributed by atoms with Gasteiger partial charge in [0.05, 0.1) is 23.0 Å². The lowest BCUT2D eigenvalue weighted by atomic mass is 10.1. The first-order valence-corrected chi connectivity index (χ1v) is 6.85. The van der Waals surface area contributed by atoms with Crippen molar-refractivity contribution >= 4 is 34.1 Å². The molecule has 0 bridgehead atoms. The molecule has 3 rings (SSSR count). The van der Waals surface area contributed by atoms with E-state index < -0.39 is 0 Å². The molecular weight excluding hydrogens is 288 g/mol. The number of nitrogens with one attached hydrogen (secondary N) is 1. The summed E-state index contributed by atoms with van der Waals surface area (Å²) >= 11 is 6.11. The molecule has 21 heavy (non-hydrogen) atoms. The molecule has 0 unspecified atom stereocenters. The number of fused-ring (bicyclic) bond motifs is 1. The average molecular weight is 301 g/mol. The van der Waals surface area contributed by atoms with Crippen molar-refractivity contribution in [2.24, 2.45) is 0 Å². The fourth-order valence-electron chi connectivity index (χ4n) is 2.25.